The molecule has 0 unspecified atom stereocenters. The highest BCUT2D eigenvalue weighted by Gasteiger charge is 2.34. The maximum absolute atomic E-state index is 14.5. The number of carbonyl (C=O) groups is 2. The molecule has 4 aromatic rings. The zero-order valence-electron chi connectivity index (χ0n) is 26.2. The molecule has 0 saturated carbocycles. The summed E-state index contributed by atoms with van der Waals surface area (Å²) in [6, 6.07) is 28.6. The van der Waals surface area contributed by atoms with Crippen molar-refractivity contribution in [1.82, 2.24) is 10.2 Å². The molecule has 7 nitrogen and oxygen atoms in total. The Balaban J connectivity index is 1.80. The smallest absolute Gasteiger partial charge is 0.264 e. The summed E-state index contributed by atoms with van der Waals surface area (Å²) in [5.74, 6) is -0.709. The van der Waals surface area contributed by atoms with Gasteiger partial charge in [0.25, 0.3) is 10.0 Å². The van der Waals surface area contributed by atoms with Gasteiger partial charge in [-0.1, -0.05) is 111 Å². The second-order valence-corrected chi connectivity index (χ2v) is 14.1. The Bertz CT molecular complexity index is 1720. The van der Waals surface area contributed by atoms with Crippen LogP contribution in [-0.2, 0) is 39.0 Å². The number of halogens is 2. The van der Waals surface area contributed by atoms with E-state index in [4.69, 9.17) is 23.2 Å². The van der Waals surface area contributed by atoms with Gasteiger partial charge in [0.15, 0.2) is 0 Å². The minimum atomic E-state index is -4.17. The van der Waals surface area contributed by atoms with Gasteiger partial charge in [-0.05, 0) is 65.4 Å². The second kappa shape index (κ2) is 16.1. The normalized spacial score (nSPS) is 12.0. The minimum Gasteiger partial charge on any atom is -0.354 e. The van der Waals surface area contributed by atoms with Gasteiger partial charge in [0, 0.05) is 19.5 Å². The lowest BCUT2D eigenvalue weighted by Gasteiger charge is -2.34. The standard InChI is InChI=1S/C36H39Cl2N3O4S/c1-4-27-15-18-30(19-16-27)41(46(44,45)31-13-9-6-10-14-31)25-35(42)40(24-29-17-20-32(37)33(38)21-29)34(36(43)39-23-26(2)3)22-28-11-7-5-8-12-28/h5-21,26,34H,4,22-25H2,1-3H3,(H,39,43)/t34-/m0/s1. The fourth-order valence-electron chi connectivity index (χ4n) is 4.96. The van der Waals surface area contributed by atoms with Gasteiger partial charge >= 0.3 is 0 Å². The molecule has 0 spiro atoms. The molecule has 4 aromatic carbocycles. The molecular weight excluding hydrogens is 641 g/mol. The monoisotopic (exact) mass is 679 g/mol. The molecule has 1 N–H and O–H groups in total. The third kappa shape index (κ3) is 9.12. The van der Waals surface area contributed by atoms with E-state index in [0.29, 0.717) is 27.8 Å². The van der Waals surface area contributed by atoms with Crippen molar-refractivity contribution in [2.45, 2.75) is 51.1 Å². The summed E-state index contributed by atoms with van der Waals surface area (Å²) in [6.07, 6.45) is 0.989. The number of rotatable bonds is 14. The lowest BCUT2D eigenvalue weighted by atomic mass is 10.0. The van der Waals surface area contributed by atoms with E-state index in [1.165, 1.54) is 17.0 Å². The fourth-order valence-corrected chi connectivity index (χ4v) is 6.71. The fraction of sp³-hybridized carbons (Fsp3) is 0.278. The first-order valence-corrected chi connectivity index (χ1v) is 17.4. The summed E-state index contributed by atoms with van der Waals surface area (Å²) in [7, 11) is -4.17. The Morgan fingerprint density at radius 1 is 0.783 bits per heavy atom. The number of aryl methyl sites for hydroxylation is 1. The highest BCUT2D eigenvalue weighted by atomic mass is 35.5. The molecule has 0 heterocycles. The van der Waals surface area contributed by atoms with Crippen LogP contribution in [0.5, 0.6) is 0 Å². The van der Waals surface area contributed by atoms with Gasteiger partial charge in [-0.3, -0.25) is 13.9 Å². The molecule has 0 aliphatic rings. The van der Waals surface area contributed by atoms with Crippen molar-refractivity contribution in [2.75, 3.05) is 17.4 Å². The molecule has 10 heteroatoms. The molecule has 0 aliphatic carbocycles. The average Bonchev–Trinajstić information content (AvgIpc) is 3.06. The maximum Gasteiger partial charge on any atom is 0.264 e. The Morgan fingerprint density at radius 2 is 1.39 bits per heavy atom. The molecule has 0 saturated heterocycles. The Labute approximate surface area is 282 Å². The first-order valence-electron chi connectivity index (χ1n) is 15.2. The van der Waals surface area contributed by atoms with E-state index >= 15 is 0 Å². The summed E-state index contributed by atoms with van der Waals surface area (Å²) in [5.41, 5.74) is 2.86. The van der Waals surface area contributed by atoms with E-state index in [-0.39, 0.29) is 29.7 Å². The molecule has 0 radical (unpaired) electrons. The molecule has 46 heavy (non-hydrogen) atoms. The van der Waals surface area contributed by atoms with Crippen LogP contribution < -0.4 is 9.62 Å². The SMILES string of the molecule is CCc1ccc(N(CC(=O)N(Cc2ccc(Cl)c(Cl)c2)[C@@H](Cc2ccccc2)C(=O)NCC(C)C)S(=O)(=O)c2ccccc2)cc1. The molecule has 1 atom stereocenters. The van der Waals surface area contributed by atoms with Gasteiger partial charge in [0.1, 0.15) is 12.6 Å². The summed E-state index contributed by atoms with van der Waals surface area (Å²) in [5, 5.41) is 3.65. The number of hydrogen-bond acceptors (Lipinski definition) is 4. The predicted molar refractivity (Wildman–Crippen MR) is 186 cm³/mol. The van der Waals surface area contributed by atoms with Gasteiger partial charge in [0.2, 0.25) is 11.8 Å². The van der Waals surface area contributed by atoms with Crippen LogP contribution in [0.25, 0.3) is 0 Å². The number of nitrogens with one attached hydrogen (secondary N) is 1. The number of anilines is 1. The van der Waals surface area contributed by atoms with Crippen molar-refractivity contribution >= 4 is 50.7 Å². The number of carbonyl (C=O) groups excluding carboxylic acids is 2. The van der Waals surface area contributed by atoms with E-state index in [1.54, 1.807) is 48.5 Å². The van der Waals surface area contributed by atoms with Gasteiger partial charge in [-0.25, -0.2) is 8.42 Å². The molecule has 0 aliphatic heterocycles. The van der Waals surface area contributed by atoms with Crippen molar-refractivity contribution in [3.8, 4) is 0 Å². The van der Waals surface area contributed by atoms with Crippen LogP contribution in [0.3, 0.4) is 0 Å². The van der Waals surface area contributed by atoms with Crippen molar-refractivity contribution in [2.24, 2.45) is 5.92 Å². The van der Waals surface area contributed by atoms with Gasteiger partial charge in [-0.15, -0.1) is 0 Å². The first-order chi connectivity index (χ1) is 22.0. The largest absolute Gasteiger partial charge is 0.354 e. The molecule has 2 amide bonds. The molecule has 0 fully saturated rings. The van der Waals surface area contributed by atoms with E-state index in [9.17, 15) is 18.0 Å². The molecule has 242 valence electrons. The van der Waals surface area contributed by atoms with E-state index in [1.807, 2.05) is 63.2 Å². The van der Waals surface area contributed by atoms with Crippen LogP contribution in [0.4, 0.5) is 5.69 Å². The van der Waals surface area contributed by atoms with Crippen LogP contribution in [0.1, 0.15) is 37.5 Å². The zero-order valence-corrected chi connectivity index (χ0v) is 28.5. The summed E-state index contributed by atoms with van der Waals surface area (Å²) >= 11 is 12.5. The van der Waals surface area contributed by atoms with Crippen molar-refractivity contribution < 1.29 is 18.0 Å². The summed E-state index contributed by atoms with van der Waals surface area (Å²) in [6.45, 7) is 5.86. The highest BCUT2D eigenvalue weighted by Crippen LogP contribution is 2.27. The molecule has 0 bridgehead atoms. The Kier molecular flexibility index (Phi) is 12.3. The predicted octanol–water partition coefficient (Wildman–Crippen LogP) is 7.16. The van der Waals surface area contributed by atoms with Crippen LogP contribution in [0.15, 0.2) is 108 Å². The summed E-state index contributed by atoms with van der Waals surface area (Å²) < 4.78 is 29.3. The summed E-state index contributed by atoms with van der Waals surface area (Å²) in [4.78, 5) is 29.9. The third-order valence-corrected chi connectivity index (χ3v) is 10.1. The van der Waals surface area contributed by atoms with E-state index < -0.39 is 28.5 Å². The lowest BCUT2D eigenvalue weighted by molar-refractivity contribution is -0.140. The first kappa shape index (κ1) is 35.0. The van der Waals surface area contributed by atoms with Crippen LogP contribution >= 0.6 is 23.2 Å². The van der Waals surface area contributed by atoms with Gasteiger partial charge in [0.05, 0.1) is 20.6 Å². The number of hydrogen-bond donors (Lipinski definition) is 1. The second-order valence-electron chi connectivity index (χ2n) is 11.5. The molecule has 4 rings (SSSR count). The number of benzene rings is 4. The Morgan fingerprint density at radius 3 is 1.98 bits per heavy atom. The van der Waals surface area contributed by atoms with Crippen molar-refractivity contribution in [1.29, 1.82) is 0 Å². The van der Waals surface area contributed by atoms with Crippen LogP contribution in [-0.4, -0.2) is 44.3 Å². The van der Waals surface area contributed by atoms with E-state index in [0.717, 1.165) is 21.9 Å². The van der Waals surface area contributed by atoms with Crippen molar-refractivity contribution in [3.63, 3.8) is 0 Å². The number of sulfonamides is 1. The van der Waals surface area contributed by atoms with Crippen molar-refractivity contribution in [3.05, 3.63) is 130 Å². The molecular formula is C36H39Cl2N3O4S. The molecule has 0 aromatic heterocycles. The number of amides is 2. The quantitative estimate of drug-likeness (QED) is 0.153. The van der Waals surface area contributed by atoms with E-state index in [2.05, 4.69) is 5.32 Å². The lowest BCUT2D eigenvalue weighted by Crippen LogP contribution is -2.53. The maximum atomic E-state index is 14.5. The van der Waals surface area contributed by atoms with Crippen LogP contribution in [0.2, 0.25) is 10.0 Å². The Hall–Kier alpha value is -3.85. The number of nitrogens with zero attached hydrogens (tertiary/aromatic N) is 2. The van der Waals surface area contributed by atoms with Gasteiger partial charge in [-0.2, -0.15) is 0 Å². The third-order valence-electron chi connectivity index (χ3n) is 7.54. The minimum absolute atomic E-state index is 0.00365. The topological polar surface area (TPSA) is 86.8 Å². The van der Waals surface area contributed by atoms with Crippen LogP contribution in [0, 0.1) is 5.92 Å². The van der Waals surface area contributed by atoms with Gasteiger partial charge < -0.3 is 10.2 Å². The zero-order chi connectivity index (χ0) is 33.3. The highest BCUT2D eigenvalue weighted by molar-refractivity contribution is 7.92. The average molecular weight is 681 g/mol.